The number of hydrazine groups is 1. The number of ether oxygens (including phenoxy) is 1. The molecule has 0 spiro atoms. The summed E-state index contributed by atoms with van der Waals surface area (Å²) in [6.07, 6.45) is -1.41. The molecule has 2 aliphatic rings. The lowest BCUT2D eigenvalue weighted by atomic mass is 9.95. The summed E-state index contributed by atoms with van der Waals surface area (Å²) in [4.78, 5) is 17.5. The maximum absolute atomic E-state index is 13.4. The number of hydrogen-bond donors (Lipinski definition) is 2. The molecule has 3 heterocycles. The highest BCUT2D eigenvalue weighted by Gasteiger charge is 2.53. The SMILES string of the molecule is O=C1NNCC(N2Cc3cccc(Oc4cccnc4)c3C2)C1C(F)(F)F. The van der Waals surface area contributed by atoms with E-state index in [9.17, 15) is 18.0 Å². The molecule has 2 aromatic rings. The topological polar surface area (TPSA) is 66.5 Å². The van der Waals surface area contributed by atoms with Crippen molar-refractivity contribution in [2.45, 2.75) is 25.3 Å². The van der Waals surface area contributed by atoms with Crippen LogP contribution in [0.4, 0.5) is 13.2 Å². The van der Waals surface area contributed by atoms with Crippen molar-refractivity contribution in [1.82, 2.24) is 20.7 Å². The molecule has 1 fully saturated rings. The summed E-state index contributed by atoms with van der Waals surface area (Å²) in [7, 11) is 0. The maximum Gasteiger partial charge on any atom is 0.402 e. The number of hydrogen-bond acceptors (Lipinski definition) is 5. The van der Waals surface area contributed by atoms with Crippen LogP contribution >= 0.6 is 0 Å². The number of nitrogens with one attached hydrogen (secondary N) is 2. The first-order chi connectivity index (χ1) is 12.9. The molecule has 2 unspecified atom stereocenters. The molecule has 4 rings (SSSR count). The molecule has 2 N–H and O–H groups in total. The first-order valence-electron chi connectivity index (χ1n) is 8.45. The van der Waals surface area contributed by atoms with Crippen molar-refractivity contribution in [2.24, 2.45) is 5.92 Å². The van der Waals surface area contributed by atoms with Crippen LogP contribution in [-0.4, -0.2) is 34.6 Å². The van der Waals surface area contributed by atoms with Crippen LogP contribution in [-0.2, 0) is 17.9 Å². The number of aromatic nitrogens is 1. The molecule has 1 saturated heterocycles. The Morgan fingerprint density at radius 2 is 2.04 bits per heavy atom. The largest absolute Gasteiger partial charge is 0.455 e. The van der Waals surface area contributed by atoms with E-state index in [4.69, 9.17) is 4.74 Å². The van der Waals surface area contributed by atoms with E-state index >= 15 is 0 Å². The minimum Gasteiger partial charge on any atom is -0.455 e. The molecule has 0 saturated carbocycles. The predicted octanol–water partition coefficient (Wildman–Crippen LogP) is 2.37. The fourth-order valence-electron chi connectivity index (χ4n) is 3.60. The Labute approximate surface area is 153 Å². The molecule has 6 nitrogen and oxygen atoms in total. The average Bonchev–Trinajstić information content (AvgIpc) is 3.06. The third-order valence-corrected chi connectivity index (χ3v) is 4.84. The van der Waals surface area contributed by atoms with Gasteiger partial charge in [-0.25, -0.2) is 5.43 Å². The van der Waals surface area contributed by atoms with Gasteiger partial charge >= 0.3 is 6.18 Å². The number of carbonyl (C=O) groups excluding carboxylic acids is 1. The van der Waals surface area contributed by atoms with Gasteiger partial charge in [-0.15, -0.1) is 0 Å². The smallest absolute Gasteiger partial charge is 0.402 e. The zero-order chi connectivity index (χ0) is 19.0. The van der Waals surface area contributed by atoms with Crippen LogP contribution in [0.5, 0.6) is 11.5 Å². The van der Waals surface area contributed by atoms with Gasteiger partial charge in [0.15, 0.2) is 5.92 Å². The number of benzene rings is 1. The van der Waals surface area contributed by atoms with Crippen molar-refractivity contribution in [3.05, 3.63) is 53.9 Å². The van der Waals surface area contributed by atoms with E-state index in [2.05, 4.69) is 15.8 Å². The summed E-state index contributed by atoms with van der Waals surface area (Å²) < 4.78 is 46.2. The van der Waals surface area contributed by atoms with Crippen molar-refractivity contribution >= 4 is 5.91 Å². The molecule has 1 aromatic carbocycles. The molecule has 2 aliphatic heterocycles. The van der Waals surface area contributed by atoms with Crippen LogP contribution in [0.2, 0.25) is 0 Å². The fraction of sp³-hybridized carbons (Fsp3) is 0.333. The van der Waals surface area contributed by atoms with Gasteiger partial charge in [0.25, 0.3) is 0 Å². The predicted molar refractivity (Wildman–Crippen MR) is 89.5 cm³/mol. The van der Waals surface area contributed by atoms with E-state index < -0.39 is 24.0 Å². The van der Waals surface area contributed by atoms with Gasteiger partial charge in [0, 0.05) is 37.4 Å². The van der Waals surface area contributed by atoms with Crippen molar-refractivity contribution in [3.8, 4) is 11.5 Å². The molecular weight excluding hydrogens is 361 g/mol. The molecular formula is C18H17F3N4O2. The molecule has 0 radical (unpaired) electrons. The lowest BCUT2D eigenvalue weighted by molar-refractivity contribution is -0.201. The summed E-state index contributed by atoms with van der Waals surface area (Å²) in [5, 5.41) is 0. The minimum absolute atomic E-state index is 0.0166. The Kier molecular flexibility index (Phi) is 4.48. The number of nitrogens with zero attached hydrogens (tertiary/aromatic N) is 2. The summed E-state index contributed by atoms with van der Waals surface area (Å²) in [5.41, 5.74) is 6.37. The lowest BCUT2D eigenvalue weighted by Crippen LogP contribution is -2.63. The summed E-state index contributed by atoms with van der Waals surface area (Å²) >= 11 is 0. The Bertz CT molecular complexity index is 844. The molecule has 1 aromatic heterocycles. The van der Waals surface area contributed by atoms with E-state index in [1.165, 1.54) is 0 Å². The number of rotatable bonds is 3. The van der Waals surface area contributed by atoms with Crippen LogP contribution < -0.4 is 15.6 Å². The van der Waals surface area contributed by atoms with Gasteiger partial charge < -0.3 is 4.74 Å². The molecule has 9 heteroatoms. The normalized spacial score (nSPS) is 23.0. The zero-order valence-corrected chi connectivity index (χ0v) is 14.2. The van der Waals surface area contributed by atoms with Crippen LogP contribution in [0.1, 0.15) is 11.1 Å². The van der Waals surface area contributed by atoms with Crippen molar-refractivity contribution < 1.29 is 22.7 Å². The second-order valence-electron chi connectivity index (χ2n) is 6.55. The highest BCUT2D eigenvalue weighted by molar-refractivity contribution is 5.80. The Morgan fingerprint density at radius 1 is 1.19 bits per heavy atom. The molecule has 27 heavy (non-hydrogen) atoms. The Hall–Kier alpha value is -2.65. The number of carbonyl (C=O) groups is 1. The van der Waals surface area contributed by atoms with Gasteiger partial charge in [0.05, 0.1) is 6.20 Å². The van der Waals surface area contributed by atoms with Crippen molar-refractivity contribution in [1.29, 1.82) is 0 Å². The van der Waals surface area contributed by atoms with E-state index in [0.29, 0.717) is 18.0 Å². The molecule has 0 bridgehead atoms. The zero-order valence-electron chi connectivity index (χ0n) is 14.2. The molecule has 1 amide bonds. The highest BCUT2D eigenvalue weighted by Crippen LogP contribution is 2.39. The standard InChI is InChI=1S/C18H17F3N4O2/c19-18(20,21)16-14(8-23-24-17(16)26)25-9-11-3-1-5-15(13(11)10-25)27-12-4-2-6-22-7-12/h1-7,14,16,23H,8-10H2,(H,24,26). The quantitative estimate of drug-likeness (QED) is 0.859. The number of alkyl halides is 3. The van der Waals surface area contributed by atoms with Gasteiger partial charge in [0.1, 0.15) is 11.5 Å². The van der Waals surface area contributed by atoms with Crippen LogP contribution in [0.25, 0.3) is 0 Å². The lowest BCUT2D eigenvalue weighted by Gasteiger charge is -2.38. The second-order valence-corrected chi connectivity index (χ2v) is 6.55. The van der Waals surface area contributed by atoms with Gasteiger partial charge in [-0.05, 0) is 23.8 Å². The third-order valence-electron chi connectivity index (χ3n) is 4.84. The number of pyridine rings is 1. The molecule has 0 aliphatic carbocycles. The first kappa shape index (κ1) is 17.7. The van der Waals surface area contributed by atoms with E-state index in [-0.39, 0.29) is 13.1 Å². The van der Waals surface area contributed by atoms with Crippen molar-refractivity contribution in [3.63, 3.8) is 0 Å². The van der Waals surface area contributed by atoms with Gasteiger partial charge in [-0.2, -0.15) is 13.2 Å². The van der Waals surface area contributed by atoms with E-state index in [1.807, 2.05) is 6.07 Å². The summed E-state index contributed by atoms with van der Waals surface area (Å²) in [6.45, 7) is 0.618. The molecule has 142 valence electrons. The Balaban J connectivity index is 1.59. The monoisotopic (exact) mass is 378 g/mol. The number of fused-ring (bicyclic) bond motifs is 1. The van der Waals surface area contributed by atoms with Crippen molar-refractivity contribution in [2.75, 3.05) is 6.54 Å². The van der Waals surface area contributed by atoms with E-state index in [0.717, 1.165) is 11.1 Å². The fourth-order valence-corrected chi connectivity index (χ4v) is 3.60. The van der Waals surface area contributed by atoms with Gasteiger partial charge in [-0.1, -0.05) is 12.1 Å². The maximum atomic E-state index is 13.4. The van der Waals surface area contributed by atoms with Crippen LogP contribution in [0, 0.1) is 5.92 Å². The van der Waals surface area contributed by atoms with Gasteiger partial charge in [0.2, 0.25) is 5.91 Å². The minimum atomic E-state index is -4.61. The Morgan fingerprint density at radius 3 is 2.78 bits per heavy atom. The number of halogens is 3. The average molecular weight is 378 g/mol. The first-order valence-corrected chi connectivity index (χ1v) is 8.45. The number of amides is 1. The van der Waals surface area contributed by atoms with Gasteiger partial charge in [-0.3, -0.25) is 20.1 Å². The third kappa shape index (κ3) is 3.47. The molecule has 2 atom stereocenters. The van der Waals surface area contributed by atoms with Crippen LogP contribution in [0.15, 0.2) is 42.7 Å². The van der Waals surface area contributed by atoms with E-state index in [1.54, 1.807) is 41.6 Å². The summed E-state index contributed by atoms with van der Waals surface area (Å²) in [5.74, 6) is -1.99. The van der Waals surface area contributed by atoms with Crippen LogP contribution in [0.3, 0.4) is 0 Å². The second kappa shape index (κ2) is 6.82. The summed E-state index contributed by atoms with van der Waals surface area (Å²) in [6, 6.07) is 7.96. The highest BCUT2D eigenvalue weighted by atomic mass is 19.4.